The van der Waals surface area contributed by atoms with Crippen LogP contribution < -0.4 is 10.9 Å². The third kappa shape index (κ3) is 3.94. The number of aryl methyl sites for hydroxylation is 2. The first-order valence-corrected chi connectivity index (χ1v) is 9.45. The summed E-state index contributed by atoms with van der Waals surface area (Å²) >= 11 is 0. The van der Waals surface area contributed by atoms with E-state index in [4.69, 9.17) is 0 Å². The molecule has 1 heterocycles. The van der Waals surface area contributed by atoms with Gasteiger partial charge in [0.05, 0.1) is 5.69 Å². The number of nitrogens with one attached hydrogen (secondary N) is 1. The summed E-state index contributed by atoms with van der Waals surface area (Å²) in [7, 11) is 0. The average molecular weight is 383 g/mol. The van der Waals surface area contributed by atoms with Gasteiger partial charge < -0.3 is 5.32 Å². The van der Waals surface area contributed by atoms with Crippen LogP contribution >= 0.6 is 0 Å². The lowest BCUT2D eigenvalue weighted by atomic mass is 10.0. The molecule has 0 saturated heterocycles. The lowest BCUT2D eigenvalue weighted by molar-refractivity contribution is -0.117. The number of aromatic nitrogens is 2. The molecule has 29 heavy (non-hydrogen) atoms. The predicted molar refractivity (Wildman–Crippen MR) is 116 cm³/mol. The molecule has 4 aromatic rings. The zero-order valence-electron chi connectivity index (χ0n) is 16.3. The first-order chi connectivity index (χ1) is 14.0. The molecule has 0 spiro atoms. The van der Waals surface area contributed by atoms with Gasteiger partial charge in [0.25, 0.3) is 5.56 Å². The number of amides is 1. The zero-order valence-corrected chi connectivity index (χ0v) is 16.3. The van der Waals surface area contributed by atoms with Crippen molar-refractivity contribution in [1.82, 2.24) is 9.78 Å². The van der Waals surface area contributed by atoms with Crippen molar-refractivity contribution in [2.24, 2.45) is 0 Å². The summed E-state index contributed by atoms with van der Waals surface area (Å²) in [6, 6.07) is 22.9. The molecule has 3 aromatic carbocycles. The maximum absolute atomic E-state index is 12.5. The van der Waals surface area contributed by atoms with E-state index < -0.39 is 0 Å². The Kier molecular flexibility index (Phi) is 4.96. The molecular weight excluding hydrogens is 362 g/mol. The van der Waals surface area contributed by atoms with E-state index in [1.807, 2.05) is 74.5 Å². The normalized spacial score (nSPS) is 10.8. The minimum absolute atomic E-state index is 0.148. The van der Waals surface area contributed by atoms with Crippen LogP contribution in [-0.4, -0.2) is 15.7 Å². The Bertz CT molecular complexity index is 1270. The smallest absolute Gasteiger partial charge is 0.267 e. The second kappa shape index (κ2) is 7.72. The number of nitrogens with zero attached hydrogens (tertiary/aromatic N) is 2. The van der Waals surface area contributed by atoms with E-state index in [2.05, 4.69) is 10.4 Å². The number of hydrogen-bond donors (Lipinski definition) is 1. The molecule has 1 amide bonds. The van der Waals surface area contributed by atoms with E-state index in [0.29, 0.717) is 5.69 Å². The molecule has 0 aliphatic heterocycles. The van der Waals surface area contributed by atoms with E-state index in [0.717, 1.165) is 33.2 Å². The Balaban J connectivity index is 1.63. The van der Waals surface area contributed by atoms with Crippen LogP contribution in [0.3, 0.4) is 0 Å². The lowest BCUT2D eigenvalue weighted by Gasteiger charge is -2.11. The highest BCUT2D eigenvalue weighted by atomic mass is 16.2. The van der Waals surface area contributed by atoms with Crippen molar-refractivity contribution >= 4 is 22.4 Å². The highest BCUT2D eigenvalue weighted by Crippen LogP contribution is 2.26. The largest absolute Gasteiger partial charge is 0.324 e. The average Bonchev–Trinajstić information content (AvgIpc) is 2.71. The van der Waals surface area contributed by atoms with Crippen LogP contribution in [0.25, 0.3) is 22.0 Å². The Hall–Kier alpha value is -3.73. The summed E-state index contributed by atoms with van der Waals surface area (Å²) < 4.78 is 1.20. The van der Waals surface area contributed by atoms with E-state index in [1.54, 1.807) is 6.07 Å². The van der Waals surface area contributed by atoms with Crippen LogP contribution in [0.2, 0.25) is 0 Å². The summed E-state index contributed by atoms with van der Waals surface area (Å²) in [5.74, 6) is -0.290. The van der Waals surface area contributed by atoms with Gasteiger partial charge in [0, 0.05) is 17.3 Å². The van der Waals surface area contributed by atoms with Crippen LogP contribution in [-0.2, 0) is 11.3 Å². The van der Waals surface area contributed by atoms with Crippen molar-refractivity contribution in [2.75, 3.05) is 5.32 Å². The number of hydrogen-bond acceptors (Lipinski definition) is 3. The number of benzene rings is 3. The first kappa shape index (κ1) is 18.6. The van der Waals surface area contributed by atoms with Crippen molar-refractivity contribution in [3.8, 4) is 11.3 Å². The van der Waals surface area contributed by atoms with E-state index in [1.165, 1.54) is 10.7 Å². The molecule has 0 bridgehead atoms. The molecule has 0 saturated carbocycles. The molecule has 5 heteroatoms. The molecular formula is C24H21N3O2. The highest BCUT2D eigenvalue weighted by Gasteiger charge is 2.11. The lowest BCUT2D eigenvalue weighted by Crippen LogP contribution is -2.29. The second-order valence-electron chi connectivity index (χ2n) is 7.11. The van der Waals surface area contributed by atoms with Crippen LogP contribution in [0.5, 0.6) is 0 Å². The number of carbonyl (C=O) groups excluding carboxylic acids is 1. The standard InChI is InChI=1S/C24H21N3O2/c1-16-10-11-21(17(2)14-16)25-23(28)15-27-24(29)13-12-22(26-27)20-9-5-7-18-6-3-4-8-19(18)20/h3-14H,15H2,1-2H3,(H,25,28). The van der Waals surface area contributed by atoms with Gasteiger partial charge in [-0.15, -0.1) is 0 Å². The van der Waals surface area contributed by atoms with Crippen molar-refractivity contribution in [1.29, 1.82) is 0 Å². The van der Waals surface area contributed by atoms with Crippen LogP contribution in [0.4, 0.5) is 5.69 Å². The van der Waals surface area contributed by atoms with Crippen LogP contribution in [0.1, 0.15) is 11.1 Å². The zero-order chi connectivity index (χ0) is 20.4. The van der Waals surface area contributed by atoms with E-state index in [-0.39, 0.29) is 18.0 Å². The van der Waals surface area contributed by atoms with Gasteiger partial charge in [-0.25, -0.2) is 4.68 Å². The Morgan fingerprint density at radius 3 is 2.59 bits per heavy atom. The topological polar surface area (TPSA) is 64.0 Å². The van der Waals surface area contributed by atoms with Gasteiger partial charge >= 0.3 is 0 Å². The Morgan fingerprint density at radius 1 is 0.966 bits per heavy atom. The van der Waals surface area contributed by atoms with Crippen molar-refractivity contribution < 1.29 is 4.79 Å². The second-order valence-corrected chi connectivity index (χ2v) is 7.11. The molecule has 0 unspecified atom stereocenters. The third-order valence-electron chi connectivity index (χ3n) is 4.88. The molecule has 1 aromatic heterocycles. The van der Waals surface area contributed by atoms with Gasteiger partial charge in [-0.3, -0.25) is 9.59 Å². The molecule has 0 radical (unpaired) electrons. The minimum atomic E-state index is -0.315. The summed E-state index contributed by atoms with van der Waals surface area (Å²) in [6.07, 6.45) is 0. The van der Waals surface area contributed by atoms with E-state index >= 15 is 0 Å². The van der Waals surface area contributed by atoms with Gasteiger partial charge in [0.2, 0.25) is 5.91 Å². The molecule has 4 rings (SSSR count). The van der Waals surface area contributed by atoms with Crippen LogP contribution in [0.15, 0.2) is 77.6 Å². The number of fused-ring (bicyclic) bond motifs is 1. The van der Waals surface area contributed by atoms with Crippen molar-refractivity contribution in [3.05, 3.63) is 94.3 Å². The van der Waals surface area contributed by atoms with Crippen LogP contribution in [0, 0.1) is 13.8 Å². The molecule has 0 aliphatic rings. The van der Waals surface area contributed by atoms with E-state index in [9.17, 15) is 9.59 Å². The minimum Gasteiger partial charge on any atom is -0.324 e. The van der Waals surface area contributed by atoms with Crippen molar-refractivity contribution in [2.45, 2.75) is 20.4 Å². The summed E-state index contributed by atoms with van der Waals surface area (Å²) in [5, 5.41) is 9.46. The molecule has 0 atom stereocenters. The Labute approximate surface area is 168 Å². The molecule has 5 nitrogen and oxygen atoms in total. The van der Waals surface area contributed by atoms with Gasteiger partial charge in [-0.2, -0.15) is 5.10 Å². The first-order valence-electron chi connectivity index (χ1n) is 9.45. The van der Waals surface area contributed by atoms with Gasteiger partial charge in [0.15, 0.2) is 0 Å². The SMILES string of the molecule is Cc1ccc(NC(=O)Cn2nc(-c3cccc4ccccc34)ccc2=O)c(C)c1. The Morgan fingerprint density at radius 2 is 1.76 bits per heavy atom. The third-order valence-corrected chi connectivity index (χ3v) is 4.88. The monoisotopic (exact) mass is 383 g/mol. The summed E-state index contributed by atoms with van der Waals surface area (Å²) in [4.78, 5) is 24.8. The number of rotatable bonds is 4. The molecule has 0 fully saturated rings. The predicted octanol–water partition coefficient (Wildman–Crippen LogP) is 4.32. The molecule has 1 N–H and O–H groups in total. The summed E-state index contributed by atoms with van der Waals surface area (Å²) in [6.45, 7) is 3.79. The fourth-order valence-electron chi connectivity index (χ4n) is 3.43. The van der Waals surface area contributed by atoms with Gasteiger partial charge in [-0.05, 0) is 42.3 Å². The number of carbonyl (C=O) groups is 1. The quantitative estimate of drug-likeness (QED) is 0.571. The number of anilines is 1. The fraction of sp³-hybridized carbons (Fsp3) is 0.125. The maximum Gasteiger partial charge on any atom is 0.267 e. The molecule has 144 valence electrons. The van der Waals surface area contributed by atoms with Crippen molar-refractivity contribution in [3.63, 3.8) is 0 Å². The summed E-state index contributed by atoms with van der Waals surface area (Å²) in [5.41, 5.74) is 4.10. The van der Waals surface area contributed by atoms with Gasteiger partial charge in [0.1, 0.15) is 6.54 Å². The maximum atomic E-state index is 12.5. The highest BCUT2D eigenvalue weighted by molar-refractivity contribution is 5.95. The fourth-order valence-corrected chi connectivity index (χ4v) is 3.43. The molecule has 0 aliphatic carbocycles. The van der Waals surface area contributed by atoms with Gasteiger partial charge in [-0.1, -0.05) is 60.2 Å².